The van der Waals surface area contributed by atoms with E-state index in [-0.39, 0.29) is 6.54 Å². The Morgan fingerprint density at radius 2 is 1.90 bits per heavy atom. The molecule has 2 aromatic rings. The maximum absolute atomic E-state index is 12.8. The number of aryl methyl sites for hydroxylation is 2. The van der Waals surface area contributed by atoms with E-state index in [4.69, 9.17) is 5.11 Å². The van der Waals surface area contributed by atoms with E-state index in [1.807, 2.05) is 32.0 Å². The van der Waals surface area contributed by atoms with Crippen LogP contribution in [0.3, 0.4) is 0 Å². The molecule has 2 rings (SSSR count). The van der Waals surface area contributed by atoms with E-state index in [1.165, 1.54) is 4.57 Å². The van der Waals surface area contributed by atoms with Crippen LogP contribution in [0.4, 0.5) is 13.2 Å². The molecule has 0 spiro atoms. The van der Waals surface area contributed by atoms with Crippen LogP contribution >= 0.6 is 0 Å². The number of alkyl halides is 3. The average molecular weight is 297 g/mol. The van der Waals surface area contributed by atoms with Gasteiger partial charge in [0.05, 0.1) is 11.1 Å². The number of halogens is 3. The molecular weight excluding hydrogens is 283 g/mol. The first-order valence-corrected chi connectivity index (χ1v) is 6.25. The SMILES string of the molecule is Cc1ccc(C)c(Cn2cc(C(=O)O)c(C(F)(F)F)c2)c1. The van der Waals surface area contributed by atoms with E-state index in [1.54, 1.807) is 0 Å². The van der Waals surface area contributed by atoms with Crippen LogP contribution in [0.2, 0.25) is 0 Å². The van der Waals surface area contributed by atoms with Crippen LogP contribution in [0.15, 0.2) is 30.6 Å². The van der Waals surface area contributed by atoms with Gasteiger partial charge in [-0.15, -0.1) is 0 Å². The number of hydrogen-bond acceptors (Lipinski definition) is 1. The third-order valence-electron chi connectivity index (χ3n) is 3.27. The van der Waals surface area contributed by atoms with Crippen molar-refractivity contribution in [1.29, 1.82) is 0 Å². The lowest BCUT2D eigenvalue weighted by Crippen LogP contribution is -2.09. The molecule has 1 heterocycles. The van der Waals surface area contributed by atoms with E-state index in [2.05, 4.69) is 0 Å². The van der Waals surface area contributed by atoms with Gasteiger partial charge < -0.3 is 9.67 Å². The van der Waals surface area contributed by atoms with Gasteiger partial charge in [-0.25, -0.2) is 4.79 Å². The van der Waals surface area contributed by atoms with E-state index in [0.29, 0.717) is 0 Å². The lowest BCUT2D eigenvalue weighted by atomic mass is 10.1. The minimum absolute atomic E-state index is 0.198. The summed E-state index contributed by atoms with van der Waals surface area (Å²) in [5.74, 6) is -1.58. The molecule has 0 aliphatic heterocycles. The highest BCUT2D eigenvalue weighted by Crippen LogP contribution is 2.33. The molecule has 3 nitrogen and oxygen atoms in total. The van der Waals surface area contributed by atoms with Crippen molar-refractivity contribution < 1.29 is 23.1 Å². The van der Waals surface area contributed by atoms with Gasteiger partial charge in [0.2, 0.25) is 0 Å². The fraction of sp³-hybridized carbons (Fsp3) is 0.267. The summed E-state index contributed by atoms with van der Waals surface area (Å²) < 4.78 is 39.7. The van der Waals surface area contributed by atoms with Gasteiger partial charge in [0.15, 0.2) is 0 Å². The van der Waals surface area contributed by atoms with Crippen molar-refractivity contribution in [3.63, 3.8) is 0 Å². The van der Waals surface area contributed by atoms with Crippen molar-refractivity contribution in [3.8, 4) is 0 Å². The summed E-state index contributed by atoms with van der Waals surface area (Å²) in [4.78, 5) is 10.9. The summed E-state index contributed by atoms with van der Waals surface area (Å²) in [6.45, 7) is 3.95. The maximum atomic E-state index is 12.8. The Balaban J connectivity index is 2.42. The summed E-state index contributed by atoms with van der Waals surface area (Å²) >= 11 is 0. The Morgan fingerprint density at radius 3 is 2.43 bits per heavy atom. The highest BCUT2D eigenvalue weighted by Gasteiger charge is 2.37. The van der Waals surface area contributed by atoms with Crippen molar-refractivity contribution >= 4 is 5.97 Å². The molecule has 1 aromatic carbocycles. The first kappa shape index (κ1) is 15.2. The minimum Gasteiger partial charge on any atom is -0.478 e. The van der Waals surface area contributed by atoms with Gasteiger partial charge in [0.1, 0.15) is 0 Å². The van der Waals surface area contributed by atoms with Crippen molar-refractivity contribution in [2.24, 2.45) is 0 Å². The molecule has 0 radical (unpaired) electrons. The average Bonchev–Trinajstić information content (AvgIpc) is 2.78. The topological polar surface area (TPSA) is 42.2 Å². The summed E-state index contributed by atoms with van der Waals surface area (Å²) in [6.07, 6.45) is -2.82. The summed E-state index contributed by atoms with van der Waals surface area (Å²) in [6, 6.07) is 5.68. The molecule has 0 amide bonds. The Labute approximate surface area is 119 Å². The van der Waals surface area contributed by atoms with E-state index >= 15 is 0 Å². The Morgan fingerprint density at radius 1 is 1.24 bits per heavy atom. The largest absolute Gasteiger partial charge is 0.478 e. The molecule has 0 atom stereocenters. The molecule has 1 N–H and O–H groups in total. The zero-order valence-electron chi connectivity index (χ0n) is 11.5. The third kappa shape index (κ3) is 3.26. The number of carboxylic acid groups (broad SMARTS) is 1. The zero-order valence-corrected chi connectivity index (χ0v) is 11.5. The number of benzene rings is 1. The second-order valence-electron chi connectivity index (χ2n) is 4.99. The number of hydrogen-bond donors (Lipinski definition) is 1. The molecule has 0 bridgehead atoms. The number of aromatic carboxylic acids is 1. The minimum atomic E-state index is -4.68. The van der Waals surface area contributed by atoms with Crippen LogP contribution in [-0.2, 0) is 12.7 Å². The van der Waals surface area contributed by atoms with E-state index in [0.717, 1.165) is 29.1 Å². The lowest BCUT2D eigenvalue weighted by molar-refractivity contribution is -0.138. The van der Waals surface area contributed by atoms with Gasteiger partial charge in [-0.3, -0.25) is 0 Å². The predicted octanol–water partition coefficient (Wildman–Crippen LogP) is 3.87. The van der Waals surface area contributed by atoms with Crippen LogP contribution < -0.4 is 0 Å². The third-order valence-corrected chi connectivity index (χ3v) is 3.27. The number of nitrogens with zero attached hydrogens (tertiary/aromatic N) is 1. The van der Waals surface area contributed by atoms with Crippen LogP contribution in [0.1, 0.15) is 32.6 Å². The van der Waals surface area contributed by atoms with Gasteiger partial charge in [-0.2, -0.15) is 13.2 Å². The number of rotatable bonds is 3. The highest BCUT2D eigenvalue weighted by molar-refractivity contribution is 5.89. The predicted molar refractivity (Wildman–Crippen MR) is 71.4 cm³/mol. The van der Waals surface area contributed by atoms with Gasteiger partial charge in [0, 0.05) is 18.9 Å². The van der Waals surface area contributed by atoms with Gasteiger partial charge in [0.25, 0.3) is 0 Å². The molecule has 6 heteroatoms. The smallest absolute Gasteiger partial charge is 0.418 e. The number of aromatic nitrogens is 1. The van der Waals surface area contributed by atoms with Gasteiger partial charge in [-0.05, 0) is 25.0 Å². The normalized spacial score (nSPS) is 11.7. The quantitative estimate of drug-likeness (QED) is 0.934. The van der Waals surface area contributed by atoms with Crippen LogP contribution in [0.25, 0.3) is 0 Å². The van der Waals surface area contributed by atoms with Crippen molar-refractivity contribution in [2.45, 2.75) is 26.6 Å². The molecule has 0 aliphatic carbocycles. The van der Waals surface area contributed by atoms with Crippen LogP contribution in [-0.4, -0.2) is 15.6 Å². The van der Waals surface area contributed by atoms with Crippen molar-refractivity contribution in [1.82, 2.24) is 4.57 Å². The fourth-order valence-corrected chi connectivity index (χ4v) is 2.16. The van der Waals surface area contributed by atoms with Crippen molar-refractivity contribution in [3.05, 3.63) is 58.4 Å². The molecule has 0 saturated heterocycles. The molecule has 21 heavy (non-hydrogen) atoms. The van der Waals surface area contributed by atoms with E-state index < -0.39 is 23.3 Å². The summed E-state index contributed by atoms with van der Waals surface area (Å²) in [5.41, 5.74) is 0.945. The Bertz CT molecular complexity index is 687. The molecule has 112 valence electrons. The second kappa shape index (κ2) is 5.27. The van der Waals surface area contributed by atoms with Gasteiger partial charge >= 0.3 is 12.1 Å². The molecule has 1 aromatic heterocycles. The molecule has 0 aliphatic rings. The van der Waals surface area contributed by atoms with Crippen LogP contribution in [0, 0.1) is 13.8 Å². The van der Waals surface area contributed by atoms with Crippen LogP contribution in [0.5, 0.6) is 0 Å². The van der Waals surface area contributed by atoms with E-state index in [9.17, 15) is 18.0 Å². The molecule has 0 fully saturated rings. The summed E-state index contributed by atoms with van der Waals surface area (Å²) in [7, 11) is 0. The lowest BCUT2D eigenvalue weighted by Gasteiger charge is -2.08. The summed E-state index contributed by atoms with van der Waals surface area (Å²) in [5, 5.41) is 8.89. The monoisotopic (exact) mass is 297 g/mol. The molecule has 0 unspecified atom stereocenters. The standard InChI is InChI=1S/C15H14F3NO2/c1-9-3-4-10(2)11(5-9)6-19-7-12(14(20)21)13(8-19)15(16,17)18/h3-5,7-8H,6H2,1-2H3,(H,20,21). The Kier molecular flexibility index (Phi) is 3.80. The molecule has 0 saturated carbocycles. The first-order chi connectivity index (χ1) is 9.68. The van der Waals surface area contributed by atoms with Crippen molar-refractivity contribution in [2.75, 3.05) is 0 Å². The zero-order chi connectivity index (χ0) is 15.8. The highest BCUT2D eigenvalue weighted by atomic mass is 19.4. The molecular formula is C15H14F3NO2. The maximum Gasteiger partial charge on any atom is 0.418 e. The number of carbonyl (C=O) groups is 1. The second-order valence-corrected chi connectivity index (χ2v) is 4.99. The Hall–Kier alpha value is -2.24. The van der Waals surface area contributed by atoms with Gasteiger partial charge in [-0.1, -0.05) is 23.8 Å². The number of carboxylic acids is 1. The first-order valence-electron chi connectivity index (χ1n) is 6.25. The fourth-order valence-electron chi connectivity index (χ4n) is 2.16.